The molecule has 4 rings (SSSR count). The molecule has 0 saturated carbocycles. The Morgan fingerprint density at radius 1 is 1.08 bits per heavy atom. The molecule has 0 saturated heterocycles. The summed E-state index contributed by atoms with van der Waals surface area (Å²) < 4.78 is 39.8. The van der Waals surface area contributed by atoms with E-state index >= 15 is 0 Å². The smallest absolute Gasteiger partial charge is 0.264 e. The Morgan fingerprint density at radius 2 is 1.78 bits per heavy atom. The quantitative estimate of drug-likeness (QED) is 0.419. The number of rotatable bonds is 7. The molecule has 2 atom stereocenters. The van der Waals surface area contributed by atoms with Gasteiger partial charge in [0.05, 0.1) is 30.3 Å². The fraction of sp³-hybridized carbons (Fsp3) is 0.321. The van der Waals surface area contributed by atoms with Crippen LogP contribution in [-0.4, -0.2) is 34.1 Å². The van der Waals surface area contributed by atoms with E-state index in [0.29, 0.717) is 10.7 Å². The Bertz CT molecular complexity index is 1410. The molecule has 1 N–H and O–H groups in total. The van der Waals surface area contributed by atoms with Crippen LogP contribution in [-0.2, 0) is 14.8 Å². The van der Waals surface area contributed by atoms with Gasteiger partial charge in [0, 0.05) is 5.02 Å². The number of nitrogens with zero attached hydrogens (tertiary/aromatic N) is 1. The monoisotopic (exact) mass is 542 g/mol. The molecule has 1 aliphatic heterocycles. The lowest BCUT2D eigenvalue weighted by Gasteiger charge is -2.35. The predicted octanol–water partition coefficient (Wildman–Crippen LogP) is 5.61. The maximum atomic E-state index is 13.6. The van der Waals surface area contributed by atoms with Gasteiger partial charge in [0.1, 0.15) is 11.5 Å². The van der Waals surface area contributed by atoms with E-state index in [2.05, 4.69) is 25.2 Å². The van der Waals surface area contributed by atoms with Gasteiger partial charge in [0.15, 0.2) is 6.10 Å². The highest BCUT2D eigenvalue weighted by Crippen LogP contribution is 2.39. The van der Waals surface area contributed by atoms with Crippen LogP contribution in [0.15, 0.2) is 65.6 Å². The van der Waals surface area contributed by atoms with E-state index in [1.807, 2.05) is 19.9 Å². The number of halogens is 1. The van der Waals surface area contributed by atoms with Crippen molar-refractivity contribution in [3.63, 3.8) is 0 Å². The molecule has 0 fully saturated rings. The van der Waals surface area contributed by atoms with Crippen LogP contribution in [0.2, 0.25) is 5.02 Å². The first kappa shape index (κ1) is 26.8. The van der Waals surface area contributed by atoms with Gasteiger partial charge < -0.3 is 14.8 Å². The minimum atomic E-state index is -3.97. The number of nitrogens with one attached hydrogen (secondary N) is 1. The summed E-state index contributed by atoms with van der Waals surface area (Å²) in [5.74, 6) is 0.898. The summed E-state index contributed by atoms with van der Waals surface area (Å²) in [5, 5.41) is 3.38. The number of anilines is 1. The molecule has 1 amide bonds. The number of sulfonamides is 1. The Hall–Kier alpha value is -3.23. The summed E-state index contributed by atoms with van der Waals surface area (Å²) in [5.41, 5.74) is 3.27. The third-order valence-electron chi connectivity index (χ3n) is 6.48. The molecule has 0 bridgehead atoms. The van der Waals surface area contributed by atoms with E-state index in [1.54, 1.807) is 37.4 Å². The van der Waals surface area contributed by atoms with Crippen molar-refractivity contribution in [3.8, 4) is 11.5 Å². The number of hydrogen-bond donors (Lipinski definition) is 1. The molecule has 9 heteroatoms. The van der Waals surface area contributed by atoms with E-state index < -0.39 is 22.0 Å². The minimum absolute atomic E-state index is 0.116. The van der Waals surface area contributed by atoms with Gasteiger partial charge in [-0.3, -0.25) is 9.10 Å². The molecule has 7 nitrogen and oxygen atoms in total. The van der Waals surface area contributed by atoms with Crippen molar-refractivity contribution in [2.24, 2.45) is 0 Å². The van der Waals surface area contributed by atoms with Crippen molar-refractivity contribution in [1.82, 2.24) is 5.32 Å². The number of aryl methyl sites for hydroxylation is 1. The van der Waals surface area contributed by atoms with Gasteiger partial charge in [-0.05, 0) is 78.9 Å². The highest BCUT2D eigenvalue weighted by Gasteiger charge is 2.38. The maximum Gasteiger partial charge on any atom is 0.264 e. The van der Waals surface area contributed by atoms with E-state index in [4.69, 9.17) is 21.1 Å². The Balaban J connectivity index is 1.64. The first-order valence-electron chi connectivity index (χ1n) is 12.1. The fourth-order valence-electron chi connectivity index (χ4n) is 4.50. The van der Waals surface area contributed by atoms with Crippen LogP contribution in [0.1, 0.15) is 49.4 Å². The number of fused-ring (bicyclic) bond motifs is 1. The second kappa shape index (κ2) is 10.6. The van der Waals surface area contributed by atoms with E-state index in [-0.39, 0.29) is 29.1 Å². The van der Waals surface area contributed by atoms with Crippen LogP contribution in [0.4, 0.5) is 5.69 Å². The summed E-state index contributed by atoms with van der Waals surface area (Å²) in [6, 6.07) is 16.5. The normalized spacial score (nSPS) is 16.1. The average molecular weight is 543 g/mol. The van der Waals surface area contributed by atoms with Gasteiger partial charge in [0.25, 0.3) is 15.9 Å². The second-order valence-corrected chi connectivity index (χ2v) is 11.7. The molecule has 0 aromatic heterocycles. The summed E-state index contributed by atoms with van der Waals surface area (Å²) >= 11 is 6.18. The van der Waals surface area contributed by atoms with Crippen molar-refractivity contribution in [2.45, 2.75) is 50.7 Å². The van der Waals surface area contributed by atoms with Crippen LogP contribution in [0.3, 0.4) is 0 Å². The zero-order valence-electron chi connectivity index (χ0n) is 21.5. The van der Waals surface area contributed by atoms with Crippen LogP contribution in [0.25, 0.3) is 0 Å². The van der Waals surface area contributed by atoms with E-state index in [0.717, 1.165) is 22.4 Å². The minimum Gasteiger partial charge on any atom is -0.496 e. The number of amides is 1. The Morgan fingerprint density at radius 3 is 2.43 bits per heavy atom. The lowest BCUT2D eigenvalue weighted by Crippen LogP contribution is -2.51. The van der Waals surface area contributed by atoms with E-state index in [9.17, 15) is 13.2 Å². The molecule has 0 radical (unpaired) electrons. The molecule has 0 unspecified atom stereocenters. The molecule has 0 aliphatic carbocycles. The maximum absolute atomic E-state index is 13.6. The Labute approximate surface area is 223 Å². The molecular formula is C28H31ClN2O5S. The third-order valence-corrected chi connectivity index (χ3v) is 8.51. The number of benzene rings is 3. The third kappa shape index (κ3) is 5.40. The van der Waals surface area contributed by atoms with Gasteiger partial charge in [-0.15, -0.1) is 0 Å². The summed E-state index contributed by atoms with van der Waals surface area (Å²) in [7, 11) is -2.32. The molecule has 0 spiro atoms. The summed E-state index contributed by atoms with van der Waals surface area (Å²) in [4.78, 5) is 13.5. The SMILES string of the molecule is COc1cc(C)c([C@@H](C)NC(=O)[C@H]2CN(S(=O)(=O)c3ccccc3)c3cc(Cl)ccc3O2)cc1C(C)C. The Kier molecular flexibility index (Phi) is 7.71. The number of ether oxygens (including phenoxy) is 2. The average Bonchev–Trinajstić information content (AvgIpc) is 2.87. The van der Waals surface area contributed by atoms with Crippen LogP contribution < -0.4 is 19.1 Å². The fourth-order valence-corrected chi connectivity index (χ4v) is 6.16. The van der Waals surface area contributed by atoms with Crippen LogP contribution >= 0.6 is 11.6 Å². The number of carbonyl (C=O) groups is 1. The molecule has 1 aliphatic rings. The molecular weight excluding hydrogens is 512 g/mol. The first-order chi connectivity index (χ1) is 17.5. The number of carbonyl (C=O) groups excluding carboxylic acids is 1. The van der Waals surface area contributed by atoms with E-state index in [1.165, 1.54) is 22.5 Å². The molecule has 37 heavy (non-hydrogen) atoms. The standard InChI is InChI=1S/C28H31ClN2O5S/c1-17(2)22-15-23(18(3)13-26(22)35-5)19(4)30-28(32)27-16-31(24-14-20(29)11-12-25(24)36-27)37(33,34)21-9-7-6-8-10-21/h6-15,17,19,27H,16H2,1-5H3,(H,30,32)/t19-,27-/m1/s1. The van der Waals surface area contributed by atoms with Crippen molar-refractivity contribution in [1.29, 1.82) is 0 Å². The topological polar surface area (TPSA) is 84.9 Å². The largest absolute Gasteiger partial charge is 0.496 e. The molecule has 1 heterocycles. The van der Waals surface area contributed by atoms with Crippen molar-refractivity contribution >= 4 is 33.2 Å². The highest BCUT2D eigenvalue weighted by atomic mass is 35.5. The zero-order valence-corrected chi connectivity index (χ0v) is 23.1. The van der Waals surface area contributed by atoms with Gasteiger partial charge in [0.2, 0.25) is 0 Å². The van der Waals surface area contributed by atoms with Gasteiger partial charge >= 0.3 is 0 Å². The number of methoxy groups -OCH3 is 1. The van der Waals surface area contributed by atoms with Crippen molar-refractivity contribution in [2.75, 3.05) is 18.0 Å². The zero-order chi connectivity index (χ0) is 26.9. The van der Waals surface area contributed by atoms with Crippen molar-refractivity contribution < 1.29 is 22.7 Å². The first-order valence-corrected chi connectivity index (χ1v) is 13.9. The number of hydrogen-bond acceptors (Lipinski definition) is 5. The second-order valence-electron chi connectivity index (χ2n) is 9.40. The van der Waals surface area contributed by atoms with Crippen LogP contribution in [0, 0.1) is 6.92 Å². The molecule has 3 aromatic rings. The van der Waals surface area contributed by atoms with Gasteiger partial charge in [-0.1, -0.05) is 43.6 Å². The van der Waals surface area contributed by atoms with Crippen molar-refractivity contribution in [3.05, 3.63) is 82.4 Å². The van der Waals surface area contributed by atoms with Crippen LogP contribution in [0.5, 0.6) is 11.5 Å². The van der Waals surface area contributed by atoms with Gasteiger partial charge in [-0.2, -0.15) is 0 Å². The lowest BCUT2D eigenvalue weighted by molar-refractivity contribution is -0.128. The summed E-state index contributed by atoms with van der Waals surface area (Å²) in [6.07, 6.45) is -1.06. The molecule has 196 valence electrons. The molecule has 3 aromatic carbocycles. The lowest BCUT2D eigenvalue weighted by atomic mass is 9.93. The van der Waals surface area contributed by atoms with Gasteiger partial charge in [-0.25, -0.2) is 8.42 Å². The summed E-state index contributed by atoms with van der Waals surface area (Å²) in [6.45, 7) is 7.84. The predicted molar refractivity (Wildman–Crippen MR) is 145 cm³/mol. The highest BCUT2D eigenvalue weighted by molar-refractivity contribution is 7.92.